The number of thiazole rings is 1. The molecule has 34 heavy (non-hydrogen) atoms. The number of piperidine rings is 1. The Hall–Kier alpha value is -3.90. The number of hydrogen-bond acceptors (Lipinski definition) is 8. The van der Waals surface area contributed by atoms with Crippen LogP contribution in [0.2, 0.25) is 0 Å². The van der Waals surface area contributed by atoms with Crippen LogP contribution in [-0.4, -0.2) is 29.0 Å². The van der Waals surface area contributed by atoms with Crippen molar-refractivity contribution in [3.05, 3.63) is 70.6 Å². The van der Waals surface area contributed by atoms with Gasteiger partial charge in [-0.15, -0.1) is 11.3 Å². The number of benzene rings is 1. The summed E-state index contributed by atoms with van der Waals surface area (Å²) in [5.74, 6) is 1.03. The lowest BCUT2D eigenvalue weighted by Crippen LogP contribution is -2.38. The Labute approximate surface area is 200 Å². The van der Waals surface area contributed by atoms with Gasteiger partial charge in [0.1, 0.15) is 6.07 Å². The van der Waals surface area contributed by atoms with Crippen LogP contribution in [0.25, 0.3) is 11.7 Å². The highest BCUT2D eigenvalue weighted by Gasteiger charge is 2.29. The fourth-order valence-corrected chi connectivity index (χ4v) is 4.86. The number of rotatable bonds is 6. The SMILES string of the molecule is Cc1ccc(Cc2cnc(NC(=O)C3CCN(c4oc(-c5ccco5)nc4C#N)CC3)s2)cc1. The van der Waals surface area contributed by atoms with Crippen LogP contribution in [0.15, 0.2) is 57.7 Å². The topological polar surface area (TPSA) is 108 Å². The van der Waals surface area contributed by atoms with E-state index in [0.717, 1.165) is 11.3 Å². The molecule has 5 rings (SSSR count). The molecule has 9 heteroatoms. The van der Waals surface area contributed by atoms with E-state index in [4.69, 9.17) is 8.83 Å². The fourth-order valence-electron chi connectivity index (χ4n) is 4.01. The lowest BCUT2D eigenvalue weighted by Gasteiger charge is -2.30. The van der Waals surface area contributed by atoms with Gasteiger partial charge in [-0.05, 0) is 37.5 Å². The van der Waals surface area contributed by atoms with Crippen molar-refractivity contribution >= 4 is 28.3 Å². The van der Waals surface area contributed by atoms with Gasteiger partial charge >= 0.3 is 0 Å². The van der Waals surface area contributed by atoms with Crippen molar-refractivity contribution in [3.8, 4) is 17.7 Å². The van der Waals surface area contributed by atoms with Gasteiger partial charge < -0.3 is 19.1 Å². The molecule has 0 bridgehead atoms. The van der Waals surface area contributed by atoms with E-state index in [2.05, 4.69) is 52.5 Å². The minimum Gasteiger partial charge on any atom is -0.459 e. The maximum absolute atomic E-state index is 12.8. The minimum atomic E-state index is -0.126. The second-order valence-electron chi connectivity index (χ2n) is 8.31. The molecule has 1 fully saturated rings. The number of nitriles is 1. The maximum Gasteiger partial charge on any atom is 0.266 e. The fraction of sp³-hybridized carbons (Fsp3) is 0.280. The first kappa shape index (κ1) is 21.9. The Kier molecular flexibility index (Phi) is 6.14. The second kappa shape index (κ2) is 9.53. The third-order valence-corrected chi connectivity index (χ3v) is 6.80. The van der Waals surface area contributed by atoms with Crippen molar-refractivity contribution < 1.29 is 13.6 Å². The first-order valence-corrected chi connectivity index (χ1v) is 11.9. The maximum atomic E-state index is 12.8. The third-order valence-electron chi connectivity index (χ3n) is 5.88. The van der Waals surface area contributed by atoms with E-state index in [1.807, 2.05) is 11.1 Å². The Bertz CT molecular complexity index is 1310. The van der Waals surface area contributed by atoms with Crippen LogP contribution < -0.4 is 10.2 Å². The van der Waals surface area contributed by atoms with Crippen LogP contribution in [0.1, 0.15) is 34.5 Å². The number of nitrogens with one attached hydrogen (secondary N) is 1. The van der Waals surface area contributed by atoms with Gasteiger partial charge in [0.15, 0.2) is 10.9 Å². The van der Waals surface area contributed by atoms with E-state index < -0.39 is 0 Å². The van der Waals surface area contributed by atoms with Crippen molar-refractivity contribution in [1.29, 1.82) is 5.26 Å². The van der Waals surface area contributed by atoms with Gasteiger partial charge in [0.05, 0.1) is 6.26 Å². The van der Waals surface area contributed by atoms with Crippen LogP contribution in [0.4, 0.5) is 11.0 Å². The summed E-state index contributed by atoms with van der Waals surface area (Å²) in [5.41, 5.74) is 2.68. The zero-order valence-corrected chi connectivity index (χ0v) is 19.5. The van der Waals surface area contributed by atoms with Gasteiger partial charge in [-0.25, -0.2) is 4.98 Å². The molecule has 4 aromatic rings. The molecule has 1 amide bonds. The Morgan fingerprint density at radius 2 is 2.06 bits per heavy atom. The average molecular weight is 474 g/mol. The van der Waals surface area contributed by atoms with E-state index >= 15 is 0 Å². The standard InChI is InChI=1S/C25H23N5O3S/c1-16-4-6-17(7-5-16)13-19-15-27-25(34-19)29-22(31)18-8-10-30(11-9-18)24-20(14-26)28-23(33-24)21-3-2-12-32-21/h2-7,12,15,18H,8-11,13H2,1H3,(H,27,29,31). The van der Waals surface area contributed by atoms with Gasteiger partial charge in [-0.2, -0.15) is 10.2 Å². The monoisotopic (exact) mass is 473 g/mol. The van der Waals surface area contributed by atoms with Crippen molar-refractivity contribution in [3.63, 3.8) is 0 Å². The molecular formula is C25H23N5O3S. The predicted octanol–water partition coefficient (Wildman–Crippen LogP) is 5.02. The van der Waals surface area contributed by atoms with Gasteiger partial charge in [0, 0.05) is 36.5 Å². The number of aryl methyl sites for hydroxylation is 1. The minimum absolute atomic E-state index is 0.0229. The molecule has 0 saturated carbocycles. The molecule has 0 aliphatic carbocycles. The molecule has 8 nitrogen and oxygen atoms in total. The van der Waals surface area contributed by atoms with E-state index in [-0.39, 0.29) is 23.4 Å². The molecule has 1 aliphatic rings. The lowest BCUT2D eigenvalue weighted by atomic mass is 9.96. The summed E-state index contributed by atoms with van der Waals surface area (Å²) in [6.45, 7) is 3.26. The highest BCUT2D eigenvalue weighted by molar-refractivity contribution is 7.15. The highest BCUT2D eigenvalue weighted by atomic mass is 32.1. The summed E-state index contributed by atoms with van der Waals surface area (Å²) < 4.78 is 11.2. The van der Waals surface area contributed by atoms with Gasteiger partial charge in [0.2, 0.25) is 17.5 Å². The molecule has 1 aromatic carbocycles. The molecule has 4 heterocycles. The molecule has 172 valence electrons. The molecule has 0 unspecified atom stereocenters. The molecule has 1 aliphatic heterocycles. The zero-order chi connectivity index (χ0) is 23.5. The molecule has 0 spiro atoms. The molecule has 0 atom stereocenters. The first-order chi connectivity index (χ1) is 16.6. The van der Waals surface area contributed by atoms with E-state index in [1.165, 1.54) is 28.7 Å². The average Bonchev–Trinajstić information content (AvgIpc) is 3.61. The van der Waals surface area contributed by atoms with Gasteiger partial charge in [-0.1, -0.05) is 29.8 Å². The Morgan fingerprint density at radius 3 is 2.76 bits per heavy atom. The summed E-state index contributed by atoms with van der Waals surface area (Å²) in [5, 5.41) is 13.1. The number of carbonyl (C=O) groups is 1. The van der Waals surface area contributed by atoms with Gasteiger partial charge in [0.25, 0.3) is 5.89 Å². The van der Waals surface area contributed by atoms with Gasteiger partial charge in [-0.3, -0.25) is 4.79 Å². The zero-order valence-electron chi connectivity index (χ0n) is 18.7. The number of nitrogens with zero attached hydrogens (tertiary/aromatic N) is 4. The quantitative estimate of drug-likeness (QED) is 0.419. The van der Waals surface area contributed by atoms with Crippen molar-refractivity contribution in [1.82, 2.24) is 9.97 Å². The number of anilines is 2. The number of carbonyl (C=O) groups excluding carboxylic acids is 1. The number of furan rings is 1. The van der Waals surface area contributed by atoms with Crippen LogP contribution in [0, 0.1) is 24.2 Å². The number of oxazole rings is 1. The summed E-state index contributed by atoms with van der Waals surface area (Å²) in [6.07, 6.45) is 5.45. The lowest BCUT2D eigenvalue weighted by molar-refractivity contribution is -0.120. The highest BCUT2D eigenvalue weighted by Crippen LogP contribution is 2.32. The summed E-state index contributed by atoms with van der Waals surface area (Å²) in [7, 11) is 0. The first-order valence-electron chi connectivity index (χ1n) is 11.1. The van der Waals surface area contributed by atoms with E-state index in [1.54, 1.807) is 12.1 Å². The molecule has 3 aromatic heterocycles. The normalized spacial score (nSPS) is 14.2. The Balaban J connectivity index is 1.17. The third kappa shape index (κ3) is 4.72. The predicted molar refractivity (Wildman–Crippen MR) is 129 cm³/mol. The largest absolute Gasteiger partial charge is 0.459 e. The van der Waals surface area contributed by atoms with Crippen LogP contribution in [0.3, 0.4) is 0 Å². The van der Waals surface area contributed by atoms with Crippen molar-refractivity contribution in [2.24, 2.45) is 5.92 Å². The van der Waals surface area contributed by atoms with E-state index in [9.17, 15) is 10.1 Å². The Morgan fingerprint density at radius 1 is 1.26 bits per heavy atom. The van der Waals surface area contributed by atoms with Crippen LogP contribution >= 0.6 is 11.3 Å². The number of amides is 1. The molecule has 1 saturated heterocycles. The van der Waals surface area contributed by atoms with Crippen molar-refractivity contribution in [2.75, 3.05) is 23.3 Å². The van der Waals surface area contributed by atoms with Crippen LogP contribution in [0.5, 0.6) is 0 Å². The number of hydrogen-bond donors (Lipinski definition) is 1. The summed E-state index contributed by atoms with van der Waals surface area (Å²) >= 11 is 1.51. The summed E-state index contributed by atoms with van der Waals surface area (Å²) in [4.78, 5) is 24.5. The smallest absolute Gasteiger partial charge is 0.266 e. The number of aromatic nitrogens is 2. The molecular weight excluding hydrogens is 450 g/mol. The summed E-state index contributed by atoms with van der Waals surface area (Å²) in [6, 6.07) is 14.0. The van der Waals surface area contributed by atoms with E-state index in [0.29, 0.717) is 42.7 Å². The molecule has 0 radical (unpaired) electrons. The second-order valence-corrected chi connectivity index (χ2v) is 9.42. The van der Waals surface area contributed by atoms with Crippen LogP contribution in [-0.2, 0) is 11.2 Å². The van der Waals surface area contributed by atoms with Crippen molar-refractivity contribution in [2.45, 2.75) is 26.2 Å². The molecule has 1 N–H and O–H groups in total.